The van der Waals surface area contributed by atoms with Crippen LogP contribution in [0.15, 0.2) is 35.6 Å². The molecule has 3 rings (SSSR count). The molecule has 2 heterocycles. The highest BCUT2D eigenvalue weighted by Crippen LogP contribution is 2.28. The molecule has 0 radical (unpaired) electrons. The van der Waals surface area contributed by atoms with Crippen LogP contribution in [0.5, 0.6) is 5.75 Å². The molecule has 4 N–H and O–H groups in total. The summed E-state index contributed by atoms with van der Waals surface area (Å²) < 4.78 is 20.1. The fourth-order valence-corrected chi connectivity index (χ4v) is 3.80. The Hall–Kier alpha value is -2.87. The number of anilines is 1. The molecule has 1 aromatic heterocycles. The number of hydrazone groups is 1. The van der Waals surface area contributed by atoms with Gasteiger partial charge in [0.2, 0.25) is 0 Å². The molecule has 8 heteroatoms. The molecule has 30 heavy (non-hydrogen) atoms. The molecule has 2 aromatic rings. The summed E-state index contributed by atoms with van der Waals surface area (Å²) in [7, 11) is 1.63. The Balaban J connectivity index is 1.75. The van der Waals surface area contributed by atoms with Crippen LogP contribution in [0.25, 0.3) is 0 Å². The second-order valence-electron chi connectivity index (χ2n) is 8.04. The molecule has 0 saturated carbocycles. The van der Waals surface area contributed by atoms with Gasteiger partial charge in [-0.05, 0) is 42.2 Å². The van der Waals surface area contributed by atoms with Crippen molar-refractivity contribution >= 4 is 11.5 Å². The minimum absolute atomic E-state index is 0.0171. The maximum Gasteiger partial charge on any atom is 0.155 e. The van der Waals surface area contributed by atoms with Crippen LogP contribution < -0.4 is 21.2 Å². The highest BCUT2D eigenvalue weighted by Gasteiger charge is 2.24. The van der Waals surface area contributed by atoms with Crippen LogP contribution in [0.2, 0.25) is 0 Å². The minimum atomic E-state index is -0.375. The van der Waals surface area contributed by atoms with Crippen molar-refractivity contribution in [2.24, 2.45) is 22.6 Å². The first kappa shape index (κ1) is 21.8. The highest BCUT2D eigenvalue weighted by molar-refractivity contribution is 6.02. The van der Waals surface area contributed by atoms with Gasteiger partial charge in [-0.15, -0.1) is 0 Å². The molecule has 7 nitrogen and oxygen atoms in total. The largest absolute Gasteiger partial charge is 0.495 e. The Labute approximate surface area is 177 Å². The van der Waals surface area contributed by atoms with Crippen molar-refractivity contribution in [1.82, 2.24) is 9.88 Å². The van der Waals surface area contributed by atoms with Crippen LogP contribution in [0.1, 0.15) is 30.7 Å². The second-order valence-corrected chi connectivity index (χ2v) is 8.04. The number of nitrogens with zero attached hydrogens (tertiary/aromatic N) is 4. The highest BCUT2D eigenvalue weighted by atomic mass is 19.1. The summed E-state index contributed by atoms with van der Waals surface area (Å²) in [4.78, 5) is 8.94. The Morgan fingerprint density at radius 3 is 2.53 bits per heavy atom. The monoisotopic (exact) mass is 414 g/mol. The molecule has 1 aromatic carbocycles. The number of aromatic nitrogens is 1. The van der Waals surface area contributed by atoms with Crippen LogP contribution in [0, 0.1) is 11.7 Å². The summed E-state index contributed by atoms with van der Waals surface area (Å²) in [6.45, 7) is 8.18. The van der Waals surface area contributed by atoms with E-state index in [9.17, 15) is 4.39 Å². The van der Waals surface area contributed by atoms with Gasteiger partial charge in [0.1, 0.15) is 11.6 Å². The predicted molar refractivity (Wildman–Crippen MR) is 118 cm³/mol. The third kappa shape index (κ3) is 5.18. The van der Waals surface area contributed by atoms with E-state index < -0.39 is 0 Å². The number of halogens is 1. The van der Waals surface area contributed by atoms with E-state index in [1.54, 1.807) is 19.4 Å². The average Bonchev–Trinajstić information content (AvgIpc) is 2.73. The number of ether oxygens (including phenoxy) is 1. The van der Waals surface area contributed by atoms with E-state index in [4.69, 9.17) is 16.3 Å². The number of methoxy groups -OCH3 is 1. The maximum atomic E-state index is 14.9. The van der Waals surface area contributed by atoms with Gasteiger partial charge < -0.3 is 21.2 Å². The van der Waals surface area contributed by atoms with Gasteiger partial charge >= 0.3 is 0 Å². The van der Waals surface area contributed by atoms with Gasteiger partial charge in [0, 0.05) is 32.7 Å². The van der Waals surface area contributed by atoms with Crippen molar-refractivity contribution in [2.45, 2.75) is 26.8 Å². The number of hydrogen-bond donors (Lipinski definition) is 2. The molecule has 0 atom stereocenters. The van der Waals surface area contributed by atoms with Crippen molar-refractivity contribution in [3.05, 3.63) is 53.1 Å². The first-order valence-electron chi connectivity index (χ1n) is 10.2. The number of piperazine rings is 1. The van der Waals surface area contributed by atoms with Gasteiger partial charge in [-0.3, -0.25) is 9.88 Å². The smallest absolute Gasteiger partial charge is 0.155 e. The van der Waals surface area contributed by atoms with Gasteiger partial charge in [-0.1, -0.05) is 13.8 Å². The molecule has 0 unspecified atom stereocenters. The van der Waals surface area contributed by atoms with E-state index in [2.05, 4.69) is 33.7 Å². The molecule has 1 aliphatic heterocycles. The second kappa shape index (κ2) is 9.75. The Kier molecular flexibility index (Phi) is 7.10. The lowest BCUT2D eigenvalue weighted by Crippen LogP contribution is -2.46. The van der Waals surface area contributed by atoms with Crippen LogP contribution in [0.4, 0.5) is 10.1 Å². The zero-order valence-corrected chi connectivity index (χ0v) is 17.9. The van der Waals surface area contributed by atoms with E-state index in [1.165, 1.54) is 0 Å². The van der Waals surface area contributed by atoms with Gasteiger partial charge in [0.25, 0.3) is 0 Å². The number of nitrogens with two attached hydrogens (primary N) is 2. The molecule has 0 amide bonds. The lowest BCUT2D eigenvalue weighted by Gasteiger charge is -2.37. The number of hydrogen-bond acceptors (Lipinski definition) is 6. The van der Waals surface area contributed by atoms with E-state index in [0.29, 0.717) is 5.92 Å². The quantitative estimate of drug-likeness (QED) is 0.313. The summed E-state index contributed by atoms with van der Waals surface area (Å²) in [6.07, 6.45) is 2.53. The summed E-state index contributed by atoms with van der Waals surface area (Å²) in [5.74, 6) is 6.19. The number of rotatable bonds is 7. The molecule has 0 spiro atoms. The van der Waals surface area contributed by atoms with Crippen LogP contribution in [-0.2, 0) is 13.0 Å². The predicted octanol–water partition coefficient (Wildman–Crippen LogP) is 2.33. The average molecular weight is 415 g/mol. The van der Waals surface area contributed by atoms with E-state index in [-0.39, 0.29) is 17.2 Å². The topological polar surface area (TPSA) is 93.0 Å². The van der Waals surface area contributed by atoms with Crippen molar-refractivity contribution < 1.29 is 9.13 Å². The first-order valence-corrected chi connectivity index (χ1v) is 10.2. The van der Waals surface area contributed by atoms with Crippen molar-refractivity contribution in [3.63, 3.8) is 0 Å². The first-order chi connectivity index (χ1) is 14.4. The standard InChI is InChI=1S/C22H31FN6O/c1-15(2)10-16-11-19(23)21(22(24)27-25)20(12-16)29-8-6-28(7-9-29)14-17-4-5-18(30-3)13-26-17/h4-5,11-13,15H,6-10,14,25H2,1-3H3,(H2,24,27). The fourth-order valence-electron chi connectivity index (χ4n) is 3.80. The molecule has 0 bridgehead atoms. The summed E-state index contributed by atoms with van der Waals surface area (Å²) in [5.41, 5.74) is 8.94. The molecular weight excluding hydrogens is 383 g/mol. The van der Waals surface area contributed by atoms with Crippen LogP contribution >= 0.6 is 0 Å². The number of benzene rings is 1. The molecule has 1 fully saturated rings. The summed E-state index contributed by atoms with van der Waals surface area (Å²) in [6, 6.07) is 7.47. The van der Waals surface area contributed by atoms with E-state index in [1.807, 2.05) is 18.2 Å². The molecular formula is C22H31FN6O. The Morgan fingerprint density at radius 2 is 1.97 bits per heavy atom. The van der Waals surface area contributed by atoms with E-state index in [0.717, 1.165) is 61.8 Å². The SMILES string of the molecule is COc1ccc(CN2CCN(c3cc(CC(C)C)cc(F)c3/C(N)=N/N)CC2)nc1. The third-order valence-electron chi connectivity index (χ3n) is 5.30. The molecule has 1 aliphatic rings. The maximum absolute atomic E-state index is 14.9. The fraction of sp³-hybridized carbons (Fsp3) is 0.455. The van der Waals surface area contributed by atoms with Crippen molar-refractivity contribution in [1.29, 1.82) is 0 Å². The summed E-state index contributed by atoms with van der Waals surface area (Å²) in [5, 5.41) is 3.55. The van der Waals surface area contributed by atoms with Crippen LogP contribution in [-0.4, -0.2) is 49.0 Å². The van der Waals surface area contributed by atoms with Gasteiger partial charge in [0.15, 0.2) is 5.84 Å². The van der Waals surface area contributed by atoms with Gasteiger partial charge in [0.05, 0.1) is 30.3 Å². The summed E-state index contributed by atoms with van der Waals surface area (Å²) >= 11 is 0. The Morgan fingerprint density at radius 1 is 1.23 bits per heavy atom. The lowest BCUT2D eigenvalue weighted by molar-refractivity contribution is 0.247. The lowest BCUT2D eigenvalue weighted by atomic mass is 9.98. The number of pyridine rings is 1. The minimum Gasteiger partial charge on any atom is -0.495 e. The van der Waals surface area contributed by atoms with Gasteiger partial charge in [-0.25, -0.2) is 4.39 Å². The molecule has 1 saturated heterocycles. The normalized spacial score (nSPS) is 15.6. The molecule has 0 aliphatic carbocycles. The third-order valence-corrected chi connectivity index (χ3v) is 5.30. The van der Waals surface area contributed by atoms with Crippen LogP contribution in [0.3, 0.4) is 0 Å². The molecule has 162 valence electrons. The van der Waals surface area contributed by atoms with Gasteiger partial charge in [-0.2, -0.15) is 5.10 Å². The zero-order chi connectivity index (χ0) is 21.7. The zero-order valence-electron chi connectivity index (χ0n) is 17.9. The number of amidine groups is 1. The Bertz CT molecular complexity index is 876. The van der Waals surface area contributed by atoms with Crippen molar-refractivity contribution in [2.75, 3.05) is 38.2 Å². The van der Waals surface area contributed by atoms with Crippen molar-refractivity contribution in [3.8, 4) is 5.75 Å². The van der Waals surface area contributed by atoms with E-state index >= 15 is 0 Å².